The van der Waals surface area contributed by atoms with E-state index in [4.69, 9.17) is 4.52 Å². The van der Waals surface area contributed by atoms with Gasteiger partial charge in [0.15, 0.2) is 0 Å². The molecule has 0 saturated carbocycles. The predicted octanol–water partition coefficient (Wildman–Crippen LogP) is 4.05. The fourth-order valence-corrected chi connectivity index (χ4v) is 2.59. The molecular formula is C16H11BrN4O. The molecule has 0 atom stereocenters. The predicted molar refractivity (Wildman–Crippen MR) is 87.1 cm³/mol. The van der Waals surface area contributed by atoms with E-state index in [-0.39, 0.29) is 0 Å². The van der Waals surface area contributed by atoms with Crippen LogP contribution in [-0.4, -0.2) is 19.7 Å². The van der Waals surface area contributed by atoms with Gasteiger partial charge in [-0.3, -0.25) is 0 Å². The molecule has 0 fully saturated rings. The van der Waals surface area contributed by atoms with Gasteiger partial charge in [-0.1, -0.05) is 21.1 Å². The molecule has 2 aromatic heterocycles. The van der Waals surface area contributed by atoms with Gasteiger partial charge in [-0.2, -0.15) is 4.98 Å². The van der Waals surface area contributed by atoms with Gasteiger partial charge in [0.25, 0.3) is 5.89 Å². The van der Waals surface area contributed by atoms with Gasteiger partial charge in [0.2, 0.25) is 5.82 Å². The van der Waals surface area contributed by atoms with E-state index in [0.717, 1.165) is 26.6 Å². The first-order valence-electron chi connectivity index (χ1n) is 6.72. The van der Waals surface area contributed by atoms with Crippen molar-refractivity contribution in [2.75, 3.05) is 0 Å². The van der Waals surface area contributed by atoms with Crippen LogP contribution in [0.2, 0.25) is 0 Å². The molecule has 6 heteroatoms. The number of nitrogens with zero attached hydrogens (tertiary/aromatic N) is 4. The molecule has 5 nitrogen and oxygen atoms in total. The number of hydrogen-bond acceptors (Lipinski definition) is 4. The number of hydrogen-bond donors (Lipinski definition) is 0. The van der Waals surface area contributed by atoms with Crippen molar-refractivity contribution in [2.24, 2.45) is 7.05 Å². The summed E-state index contributed by atoms with van der Waals surface area (Å²) in [6.07, 6.45) is 1.79. The lowest BCUT2D eigenvalue weighted by molar-refractivity contribution is 0.432. The van der Waals surface area contributed by atoms with Crippen molar-refractivity contribution >= 4 is 27.0 Å². The minimum atomic E-state index is 0.503. The van der Waals surface area contributed by atoms with Gasteiger partial charge < -0.3 is 9.09 Å². The largest absolute Gasteiger partial charge is 0.334 e. The summed E-state index contributed by atoms with van der Waals surface area (Å²) in [6.45, 7) is 0. The first-order valence-corrected chi connectivity index (χ1v) is 7.51. The van der Waals surface area contributed by atoms with Gasteiger partial charge in [-0.05, 0) is 42.5 Å². The van der Waals surface area contributed by atoms with Crippen LogP contribution in [-0.2, 0) is 7.05 Å². The molecular weight excluding hydrogens is 344 g/mol. The van der Waals surface area contributed by atoms with Crippen LogP contribution in [0.5, 0.6) is 0 Å². The molecule has 0 bridgehead atoms. The van der Waals surface area contributed by atoms with Gasteiger partial charge in [0, 0.05) is 22.6 Å². The molecule has 0 aliphatic carbocycles. The number of fused-ring (bicyclic) bond motifs is 1. The third kappa shape index (κ3) is 2.21. The van der Waals surface area contributed by atoms with Crippen molar-refractivity contribution in [3.8, 4) is 22.8 Å². The Labute approximate surface area is 134 Å². The van der Waals surface area contributed by atoms with Gasteiger partial charge in [-0.15, -0.1) is 0 Å². The molecule has 22 heavy (non-hydrogen) atoms. The SMILES string of the molecule is Cn1cnc2cc(-c3noc(-c4ccc(Br)cc4)n3)ccc21. The highest BCUT2D eigenvalue weighted by Crippen LogP contribution is 2.25. The molecule has 0 aliphatic heterocycles. The molecule has 4 aromatic rings. The van der Waals surface area contributed by atoms with Crippen LogP contribution in [0, 0.1) is 0 Å². The lowest BCUT2D eigenvalue weighted by Gasteiger charge is -1.96. The second-order valence-corrected chi connectivity index (χ2v) is 5.90. The normalized spacial score (nSPS) is 11.2. The Morgan fingerprint density at radius 3 is 2.64 bits per heavy atom. The summed E-state index contributed by atoms with van der Waals surface area (Å²) in [5.74, 6) is 1.06. The molecule has 0 N–H and O–H groups in total. The number of halogens is 1. The van der Waals surface area contributed by atoms with E-state index in [0.29, 0.717) is 11.7 Å². The third-order valence-corrected chi connectivity index (χ3v) is 4.03. The number of rotatable bonds is 2. The molecule has 2 aromatic carbocycles. The Kier molecular flexibility index (Phi) is 3.04. The van der Waals surface area contributed by atoms with Gasteiger partial charge in [0.05, 0.1) is 17.4 Å². The van der Waals surface area contributed by atoms with E-state index >= 15 is 0 Å². The zero-order valence-corrected chi connectivity index (χ0v) is 13.3. The minimum Gasteiger partial charge on any atom is -0.334 e. The summed E-state index contributed by atoms with van der Waals surface area (Å²) in [5, 5.41) is 4.07. The topological polar surface area (TPSA) is 56.7 Å². The lowest BCUT2D eigenvalue weighted by atomic mass is 10.2. The van der Waals surface area contributed by atoms with E-state index in [9.17, 15) is 0 Å². The summed E-state index contributed by atoms with van der Waals surface area (Å²) < 4.78 is 8.35. The maximum absolute atomic E-state index is 5.36. The van der Waals surface area contributed by atoms with Crippen molar-refractivity contribution in [1.82, 2.24) is 19.7 Å². The second kappa shape index (κ2) is 5.06. The van der Waals surface area contributed by atoms with Crippen molar-refractivity contribution in [3.63, 3.8) is 0 Å². The smallest absolute Gasteiger partial charge is 0.258 e. The molecule has 2 heterocycles. The number of benzene rings is 2. The summed E-state index contributed by atoms with van der Waals surface area (Å²) in [6, 6.07) is 13.7. The average molecular weight is 355 g/mol. The summed E-state index contributed by atoms with van der Waals surface area (Å²) >= 11 is 3.41. The van der Waals surface area contributed by atoms with Gasteiger partial charge in [-0.25, -0.2) is 4.98 Å². The van der Waals surface area contributed by atoms with E-state index in [1.54, 1.807) is 6.33 Å². The maximum Gasteiger partial charge on any atom is 0.258 e. The zero-order chi connectivity index (χ0) is 15.1. The number of aryl methyl sites for hydroxylation is 1. The highest BCUT2D eigenvalue weighted by Gasteiger charge is 2.11. The molecule has 0 saturated heterocycles. The van der Waals surface area contributed by atoms with Crippen molar-refractivity contribution in [1.29, 1.82) is 0 Å². The fraction of sp³-hybridized carbons (Fsp3) is 0.0625. The van der Waals surface area contributed by atoms with E-state index in [1.807, 2.05) is 54.1 Å². The van der Waals surface area contributed by atoms with Crippen LogP contribution < -0.4 is 0 Å². The van der Waals surface area contributed by atoms with Crippen LogP contribution in [0.25, 0.3) is 33.9 Å². The third-order valence-electron chi connectivity index (χ3n) is 3.50. The zero-order valence-electron chi connectivity index (χ0n) is 11.7. The van der Waals surface area contributed by atoms with Crippen LogP contribution in [0.3, 0.4) is 0 Å². The summed E-state index contributed by atoms with van der Waals surface area (Å²) in [5.41, 5.74) is 3.76. The number of imidazole rings is 1. The van der Waals surface area contributed by atoms with Crippen LogP contribution in [0.15, 0.2) is 57.8 Å². The first-order chi connectivity index (χ1) is 10.7. The van der Waals surface area contributed by atoms with Crippen molar-refractivity contribution in [3.05, 3.63) is 53.3 Å². The molecule has 0 radical (unpaired) electrons. The van der Waals surface area contributed by atoms with E-state index in [1.165, 1.54) is 0 Å². The molecule has 0 unspecified atom stereocenters. The maximum atomic E-state index is 5.36. The average Bonchev–Trinajstić information content (AvgIpc) is 3.15. The Morgan fingerprint density at radius 2 is 1.82 bits per heavy atom. The standard InChI is InChI=1S/C16H11BrN4O/c1-21-9-18-13-8-11(4-7-14(13)21)15-19-16(22-20-15)10-2-5-12(17)6-3-10/h2-9H,1H3. The van der Waals surface area contributed by atoms with E-state index in [2.05, 4.69) is 31.1 Å². The lowest BCUT2D eigenvalue weighted by Crippen LogP contribution is -1.85. The van der Waals surface area contributed by atoms with Crippen LogP contribution in [0.1, 0.15) is 0 Å². The second-order valence-electron chi connectivity index (χ2n) is 4.99. The molecule has 0 spiro atoms. The highest BCUT2D eigenvalue weighted by atomic mass is 79.9. The highest BCUT2D eigenvalue weighted by molar-refractivity contribution is 9.10. The van der Waals surface area contributed by atoms with E-state index < -0.39 is 0 Å². The Bertz CT molecular complexity index is 956. The summed E-state index contributed by atoms with van der Waals surface area (Å²) in [4.78, 5) is 8.82. The minimum absolute atomic E-state index is 0.503. The monoisotopic (exact) mass is 354 g/mol. The Morgan fingerprint density at radius 1 is 1.05 bits per heavy atom. The van der Waals surface area contributed by atoms with Crippen molar-refractivity contribution in [2.45, 2.75) is 0 Å². The first kappa shape index (κ1) is 13.2. The van der Waals surface area contributed by atoms with Crippen LogP contribution in [0.4, 0.5) is 0 Å². The van der Waals surface area contributed by atoms with Gasteiger partial charge >= 0.3 is 0 Å². The number of aromatic nitrogens is 4. The molecule has 0 amide bonds. The van der Waals surface area contributed by atoms with Crippen LogP contribution >= 0.6 is 15.9 Å². The Balaban J connectivity index is 1.74. The molecule has 108 valence electrons. The fourth-order valence-electron chi connectivity index (χ4n) is 2.33. The molecule has 4 rings (SSSR count). The van der Waals surface area contributed by atoms with Gasteiger partial charge in [0.1, 0.15) is 0 Å². The Hall–Kier alpha value is -2.47. The summed E-state index contributed by atoms with van der Waals surface area (Å²) in [7, 11) is 1.97. The molecule has 0 aliphatic rings. The van der Waals surface area contributed by atoms with Crippen molar-refractivity contribution < 1.29 is 4.52 Å². The quantitative estimate of drug-likeness (QED) is 0.544.